The summed E-state index contributed by atoms with van der Waals surface area (Å²) in [5.41, 5.74) is 11.2. The van der Waals surface area contributed by atoms with Crippen LogP contribution in [0.25, 0.3) is 17.1 Å². The Bertz CT molecular complexity index is 1160. The lowest BCUT2D eigenvalue weighted by Crippen LogP contribution is -2.19. The Labute approximate surface area is 164 Å². The summed E-state index contributed by atoms with van der Waals surface area (Å²) in [6, 6.07) is 11.0. The van der Waals surface area contributed by atoms with Crippen molar-refractivity contribution < 1.29 is 9.42 Å². The third kappa shape index (κ3) is 3.69. The van der Waals surface area contributed by atoms with Crippen LogP contribution in [0.4, 0.5) is 5.82 Å². The Morgan fingerprint density at radius 1 is 1.17 bits per heavy atom. The number of nitrogen functional groups attached to an aromatic ring is 1. The number of anilines is 1. The second-order valence-electron chi connectivity index (χ2n) is 6.02. The molecular formula is C18H15N9O2. The molecule has 0 unspecified atom stereocenters. The third-order valence-corrected chi connectivity index (χ3v) is 3.99. The van der Waals surface area contributed by atoms with Gasteiger partial charge in [-0.1, -0.05) is 35.0 Å². The van der Waals surface area contributed by atoms with Crippen LogP contribution in [-0.4, -0.2) is 42.4 Å². The number of carbonyl (C=O) groups is 1. The highest BCUT2D eigenvalue weighted by Gasteiger charge is 2.25. The molecule has 3 heterocycles. The van der Waals surface area contributed by atoms with Gasteiger partial charge in [0.05, 0.1) is 6.21 Å². The minimum absolute atomic E-state index is 0.0194. The lowest BCUT2D eigenvalue weighted by Gasteiger charge is -2.06. The highest BCUT2D eigenvalue weighted by molar-refractivity contribution is 5.98. The van der Waals surface area contributed by atoms with E-state index in [2.05, 4.69) is 40.8 Å². The number of carbonyl (C=O) groups excluding carboxylic acids is 1. The summed E-state index contributed by atoms with van der Waals surface area (Å²) in [5.74, 6) is -0.398. The number of hydrogen-bond donors (Lipinski definition) is 2. The maximum atomic E-state index is 12.7. The summed E-state index contributed by atoms with van der Waals surface area (Å²) in [7, 11) is 0. The predicted molar refractivity (Wildman–Crippen MR) is 103 cm³/mol. The summed E-state index contributed by atoms with van der Waals surface area (Å²) >= 11 is 0. The number of nitrogens with zero attached hydrogens (tertiary/aromatic N) is 7. The van der Waals surface area contributed by atoms with Crippen molar-refractivity contribution in [3.8, 4) is 17.1 Å². The average molecular weight is 389 g/mol. The van der Waals surface area contributed by atoms with E-state index < -0.39 is 5.91 Å². The van der Waals surface area contributed by atoms with Gasteiger partial charge < -0.3 is 5.73 Å². The van der Waals surface area contributed by atoms with Crippen LogP contribution in [0, 0.1) is 6.92 Å². The van der Waals surface area contributed by atoms with Crippen molar-refractivity contribution in [1.29, 1.82) is 0 Å². The van der Waals surface area contributed by atoms with Crippen LogP contribution in [-0.2, 0) is 0 Å². The molecule has 0 aliphatic heterocycles. The molecule has 0 bridgehead atoms. The van der Waals surface area contributed by atoms with Crippen LogP contribution in [0.2, 0.25) is 0 Å². The van der Waals surface area contributed by atoms with Gasteiger partial charge in [-0.2, -0.15) is 9.78 Å². The van der Waals surface area contributed by atoms with E-state index in [1.54, 1.807) is 24.5 Å². The Hall–Kier alpha value is -4.41. The molecule has 3 aromatic heterocycles. The first kappa shape index (κ1) is 18.0. The van der Waals surface area contributed by atoms with Crippen molar-refractivity contribution in [3.63, 3.8) is 0 Å². The van der Waals surface area contributed by atoms with E-state index in [0.29, 0.717) is 11.3 Å². The maximum absolute atomic E-state index is 12.7. The molecule has 4 aromatic rings. The summed E-state index contributed by atoms with van der Waals surface area (Å²) in [4.78, 5) is 16.6. The van der Waals surface area contributed by atoms with E-state index in [1.165, 1.54) is 10.9 Å². The molecule has 0 spiro atoms. The molecule has 29 heavy (non-hydrogen) atoms. The van der Waals surface area contributed by atoms with Gasteiger partial charge in [-0.3, -0.25) is 9.78 Å². The fourth-order valence-corrected chi connectivity index (χ4v) is 2.56. The highest BCUT2D eigenvalue weighted by Crippen LogP contribution is 2.26. The zero-order valence-electron chi connectivity index (χ0n) is 15.2. The number of amides is 1. The number of hydrogen-bond acceptors (Lipinski definition) is 9. The van der Waals surface area contributed by atoms with Crippen molar-refractivity contribution >= 4 is 17.9 Å². The van der Waals surface area contributed by atoms with Crippen LogP contribution in [0.5, 0.6) is 0 Å². The molecule has 0 saturated heterocycles. The first-order valence-corrected chi connectivity index (χ1v) is 8.48. The molecule has 4 rings (SSSR count). The number of pyridine rings is 1. The van der Waals surface area contributed by atoms with E-state index in [-0.39, 0.29) is 17.3 Å². The highest BCUT2D eigenvalue weighted by atomic mass is 16.6. The minimum Gasteiger partial charge on any atom is -0.378 e. The van der Waals surface area contributed by atoms with Crippen molar-refractivity contribution in [2.45, 2.75) is 6.92 Å². The zero-order chi connectivity index (χ0) is 20.2. The Morgan fingerprint density at radius 3 is 2.62 bits per heavy atom. The lowest BCUT2D eigenvalue weighted by atomic mass is 10.1. The van der Waals surface area contributed by atoms with Crippen LogP contribution in [0.15, 0.2) is 58.5 Å². The van der Waals surface area contributed by atoms with Gasteiger partial charge in [-0.05, 0) is 34.9 Å². The summed E-state index contributed by atoms with van der Waals surface area (Å²) in [6.07, 6.45) is 4.75. The fourth-order valence-electron chi connectivity index (χ4n) is 2.56. The van der Waals surface area contributed by atoms with Gasteiger partial charge in [0.15, 0.2) is 5.69 Å². The van der Waals surface area contributed by atoms with E-state index in [9.17, 15) is 4.79 Å². The lowest BCUT2D eigenvalue weighted by molar-refractivity contribution is 0.0950. The van der Waals surface area contributed by atoms with Gasteiger partial charge in [0.1, 0.15) is 5.69 Å². The average Bonchev–Trinajstić information content (AvgIpc) is 3.35. The molecule has 1 amide bonds. The molecule has 11 nitrogen and oxygen atoms in total. The monoisotopic (exact) mass is 389 g/mol. The van der Waals surface area contributed by atoms with Crippen LogP contribution in [0.3, 0.4) is 0 Å². The summed E-state index contributed by atoms with van der Waals surface area (Å²) < 4.78 is 5.95. The number of nitrogens with one attached hydrogen (secondary N) is 1. The van der Waals surface area contributed by atoms with Gasteiger partial charge in [0.2, 0.25) is 11.6 Å². The van der Waals surface area contributed by atoms with Gasteiger partial charge in [0.25, 0.3) is 5.91 Å². The molecule has 1 aromatic carbocycles. The van der Waals surface area contributed by atoms with E-state index in [4.69, 9.17) is 5.73 Å². The molecule has 144 valence electrons. The summed E-state index contributed by atoms with van der Waals surface area (Å²) in [5, 5.41) is 19.3. The van der Waals surface area contributed by atoms with E-state index in [1.807, 2.05) is 31.2 Å². The quantitative estimate of drug-likeness (QED) is 0.384. The van der Waals surface area contributed by atoms with Crippen molar-refractivity contribution in [1.82, 2.24) is 35.7 Å². The number of rotatable bonds is 5. The van der Waals surface area contributed by atoms with Crippen molar-refractivity contribution in [2.24, 2.45) is 5.10 Å². The molecule has 3 N–H and O–H groups in total. The minimum atomic E-state index is -0.549. The number of aryl methyl sites for hydroxylation is 1. The number of benzene rings is 1. The Morgan fingerprint density at radius 2 is 1.93 bits per heavy atom. The second kappa shape index (κ2) is 7.68. The topological polar surface area (TPSA) is 150 Å². The van der Waals surface area contributed by atoms with Crippen molar-refractivity contribution in [2.75, 3.05) is 5.73 Å². The van der Waals surface area contributed by atoms with Crippen LogP contribution >= 0.6 is 0 Å². The van der Waals surface area contributed by atoms with Crippen LogP contribution in [0.1, 0.15) is 21.6 Å². The first-order chi connectivity index (χ1) is 14.1. The molecular weight excluding hydrogens is 374 g/mol. The smallest absolute Gasteiger partial charge is 0.294 e. The molecule has 0 saturated carbocycles. The predicted octanol–water partition coefficient (Wildman–Crippen LogP) is 1.37. The molecule has 0 fully saturated rings. The fraction of sp³-hybridized carbons (Fsp3) is 0.0556. The van der Waals surface area contributed by atoms with Gasteiger partial charge in [0, 0.05) is 18.0 Å². The van der Waals surface area contributed by atoms with Gasteiger partial charge >= 0.3 is 0 Å². The van der Waals surface area contributed by atoms with Gasteiger partial charge in [-0.25, -0.2) is 10.1 Å². The van der Waals surface area contributed by atoms with Crippen LogP contribution < -0.4 is 11.2 Å². The van der Waals surface area contributed by atoms with Gasteiger partial charge in [-0.15, -0.1) is 5.10 Å². The van der Waals surface area contributed by atoms with Crippen molar-refractivity contribution in [3.05, 3.63) is 65.6 Å². The molecule has 0 radical (unpaired) electrons. The number of nitrogens with two attached hydrogens (primary N) is 1. The maximum Gasteiger partial charge on any atom is 0.294 e. The first-order valence-electron chi connectivity index (χ1n) is 8.48. The number of aromatic nitrogens is 6. The van der Waals surface area contributed by atoms with E-state index in [0.717, 1.165) is 11.1 Å². The standard InChI is InChI=1S/C18H15N9O2/c1-11-2-4-13(5-3-11)15-14(22-26-27(15)17-16(19)24-29-25-17)18(28)23-21-10-12-6-8-20-9-7-12/h2-10H,1H3,(H2,19,24)(H,23,28)/b21-10-. The zero-order valence-corrected chi connectivity index (χ0v) is 15.2. The molecule has 0 atom stereocenters. The number of hydrazone groups is 1. The Kier molecular flexibility index (Phi) is 4.76. The Balaban J connectivity index is 1.70. The molecule has 0 aliphatic carbocycles. The SMILES string of the molecule is Cc1ccc(-c2c(C(=O)N/N=C\c3ccncc3)nnn2-c2nonc2N)cc1. The second-order valence-corrected chi connectivity index (χ2v) is 6.02. The normalized spacial score (nSPS) is 11.1. The summed E-state index contributed by atoms with van der Waals surface area (Å²) in [6.45, 7) is 1.96. The van der Waals surface area contributed by atoms with E-state index >= 15 is 0 Å². The molecule has 11 heteroatoms. The largest absolute Gasteiger partial charge is 0.378 e. The molecule has 0 aliphatic rings. The third-order valence-electron chi connectivity index (χ3n) is 3.99.